The van der Waals surface area contributed by atoms with E-state index >= 15 is 0 Å². The van der Waals surface area contributed by atoms with Gasteiger partial charge >= 0.3 is 0 Å². The lowest BCUT2D eigenvalue weighted by atomic mass is 10.2. The van der Waals surface area contributed by atoms with E-state index in [1.54, 1.807) is 0 Å². The van der Waals surface area contributed by atoms with Crippen LogP contribution in [0.5, 0.6) is 0 Å². The smallest absolute Gasteiger partial charge is 0.260 e. The number of nitrogens with zero attached hydrogens (tertiary/aromatic N) is 2. The Hall–Kier alpha value is -1.57. The van der Waals surface area contributed by atoms with E-state index in [-0.39, 0.29) is 0 Å². The minimum atomic E-state index is -1.64. The normalized spacial score (nSPS) is 14.6. The third-order valence-corrected chi connectivity index (χ3v) is 2.83. The number of thioether (sulfide) groups is 1. The van der Waals surface area contributed by atoms with Crippen molar-refractivity contribution in [3.05, 3.63) is 29.3 Å². The third-order valence-electron chi connectivity index (χ3n) is 1.94. The number of carbonyl (C=O) groups is 1. The molecule has 1 N–H and O–H groups in total. The highest BCUT2D eigenvalue weighted by molar-refractivity contribution is 8.14. The molecule has 2 heterocycles. The van der Waals surface area contributed by atoms with Crippen molar-refractivity contribution in [2.24, 2.45) is 4.99 Å². The molecule has 0 radical (unpaired) electrons. The van der Waals surface area contributed by atoms with Crippen molar-refractivity contribution < 1.29 is 18.0 Å². The maximum atomic E-state index is 13.2. The zero-order valence-electron chi connectivity index (χ0n) is 8.34. The van der Waals surface area contributed by atoms with Crippen LogP contribution in [0.2, 0.25) is 0 Å². The fourth-order valence-corrected chi connectivity index (χ4v) is 1.93. The zero-order valence-corrected chi connectivity index (χ0v) is 9.15. The number of aliphatic imine (C=N–C) groups is 1. The summed E-state index contributed by atoms with van der Waals surface area (Å²) in [4.78, 5) is 18.0. The molecule has 0 spiro atoms. The van der Waals surface area contributed by atoms with E-state index in [0.717, 1.165) is 0 Å². The maximum Gasteiger partial charge on any atom is 0.260 e. The number of pyridine rings is 1. The molecule has 0 fully saturated rings. The largest absolute Gasteiger partial charge is 0.301 e. The van der Waals surface area contributed by atoms with Crippen LogP contribution < -0.4 is 5.32 Å². The van der Waals surface area contributed by atoms with Crippen LogP contribution in [0.4, 0.5) is 13.2 Å². The lowest BCUT2D eigenvalue weighted by Crippen LogP contribution is -2.28. The summed E-state index contributed by atoms with van der Waals surface area (Å²) in [5.41, 5.74) is -0.731. The number of halogens is 3. The summed E-state index contributed by atoms with van der Waals surface area (Å²) in [5, 5.41) is 2.58. The molecular weight excluding hydrogens is 255 g/mol. The fraction of sp³-hybridized carbons (Fsp3) is 0.222. The summed E-state index contributed by atoms with van der Waals surface area (Å²) in [6, 6.07) is 0.536. The molecule has 1 aromatic heterocycles. The second-order valence-electron chi connectivity index (χ2n) is 3.09. The molecule has 4 nitrogen and oxygen atoms in total. The number of rotatable bonds is 1. The van der Waals surface area contributed by atoms with Gasteiger partial charge in [0.25, 0.3) is 11.9 Å². The molecule has 0 atom stereocenters. The Morgan fingerprint density at radius 3 is 2.82 bits per heavy atom. The van der Waals surface area contributed by atoms with Crippen molar-refractivity contribution in [1.82, 2.24) is 10.3 Å². The van der Waals surface area contributed by atoms with E-state index in [9.17, 15) is 18.0 Å². The number of carbonyl (C=O) groups excluding carboxylic acids is 1. The Labute approximate surface area is 98.3 Å². The lowest BCUT2D eigenvalue weighted by Gasteiger charge is -2.05. The van der Waals surface area contributed by atoms with E-state index in [0.29, 0.717) is 23.5 Å². The van der Waals surface area contributed by atoms with Crippen molar-refractivity contribution >= 4 is 22.8 Å². The zero-order chi connectivity index (χ0) is 12.4. The monoisotopic (exact) mass is 261 g/mol. The molecule has 0 aliphatic carbocycles. The lowest BCUT2D eigenvalue weighted by molar-refractivity contribution is 0.0971. The number of aromatic nitrogens is 1. The molecule has 1 amide bonds. The summed E-state index contributed by atoms with van der Waals surface area (Å²) in [5.74, 6) is -4.62. The van der Waals surface area contributed by atoms with Crippen molar-refractivity contribution in [2.45, 2.75) is 0 Å². The second-order valence-corrected chi connectivity index (χ2v) is 4.17. The summed E-state index contributed by atoms with van der Waals surface area (Å²) in [6.45, 7) is 0.543. The standard InChI is InChI=1S/C9H6F3N3OS/c10-5-3-4(6(11)7(12)14-5)8(16)15-9-13-1-2-17-9/h3H,1-2H2,(H,13,15,16). The highest BCUT2D eigenvalue weighted by Gasteiger charge is 2.20. The van der Waals surface area contributed by atoms with Gasteiger partial charge in [-0.1, -0.05) is 11.8 Å². The van der Waals surface area contributed by atoms with Gasteiger partial charge in [0.1, 0.15) is 0 Å². The molecule has 1 aliphatic heterocycles. The van der Waals surface area contributed by atoms with Gasteiger partial charge in [-0.3, -0.25) is 9.79 Å². The number of amidine groups is 1. The summed E-state index contributed by atoms with van der Waals surface area (Å²) in [7, 11) is 0. The molecule has 0 unspecified atom stereocenters. The summed E-state index contributed by atoms with van der Waals surface area (Å²) < 4.78 is 38.7. The molecule has 8 heteroatoms. The Morgan fingerprint density at radius 1 is 1.41 bits per heavy atom. The molecule has 17 heavy (non-hydrogen) atoms. The minimum Gasteiger partial charge on any atom is -0.301 e. The predicted octanol–water partition coefficient (Wildman–Crippen LogP) is 1.33. The highest BCUT2D eigenvalue weighted by Crippen LogP contribution is 2.13. The van der Waals surface area contributed by atoms with E-state index in [1.165, 1.54) is 11.8 Å². The van der Waals surface area contributed by atoms with E-state index in [2.05, 4.69) is 15.3 Å². The molecule has 2 rings (SSSR count). The Morgan fingerprint density at radius 2 is 2.18 bits per heavy atom. The second kappa shape index (κ2) is 4.74. The molecule has 1 aliphatic rings. The summed E-state index contributed by atoms with van der Waals surface area (Å²) in [6.07, 6.45) is 0. The van der Waals surface area contributed by atoms with E-state index < -0.39 is 29.2 Å². The van der Waals surface area contributed by atoms with Gasteiger partial charge in [-0.2, -0.15) is 13.8 Å². The average molecular weight is 261 g/mol. The molecule has 0 saturated carbocycles. The van der Waals surface area contributed by atoms with Crippen LogP contribution in [0.1, 0.15) is 10.4 Å². The van der Waals surface area contributed by atoms with Gasteiger partial charge in [-0.05, 0) is 0 Å². The average Bonchev–Trinajstić information content (AvgIpc) is 2.76. The minimum absolute atomic E-state index is 0.312. The first kappa shape index (κ1) is 11.9. The number of nitrogens with one attached hydrogen (secondary N) is 1. The molecule has 90 valence electrons. The third kappa shape index (κ3) is 2.57. The first-order chi connectivity index (χ1) is 8.08. The first-order valence-corrected chi connectivity index (χ1v) is 5.56. The van der Waals surface area contributed by atoms with Gasteiger partial charge in [-0.15, -0.1) is 0 Å². The van der Waals surface area contributed by atoms with Crippen LogP contribution >= 0.6 is 11.8 Å². The fourth-order valence-electron chi connectivity index (χ4n) is 1.21. The molecule has 0 aromatic carbocycles. The van der Waals surface area contributed by atoms with Crippen LogP contribution in [0.15, 0.2) is 11.1 Å². The van der Waals surface area contributed by atoms with Crippen LogP contribution in [0.25, 0.3) is 0 Å². The van der Waals surface area contributed by atoms with Crippen molar-refractivity contribution in [1.29, 1.82) is 0 Å². The quantitative estimate of drug-likeness (QED) is 0.776. The van der Waals surface area contributed by atoms with Crippen LogP contribution in [-0.4, -0.2) is 28.4 Å². The van der Waals surface area contributed by atoms with Gasteiger partial charge in [0.05, 0.1) is 12.1 Å². The highest BCUT2D eigenvalue weighted by atomic mass is 32.2. The Bertz CT molecular complexity index is 507. The van der Waals surface area contributed by atoms with Gasteiger partial charge < -0.3 is 5.32 Å². The molecule has 0 bridgehead atoms. The SMILES string of the molecule is O=C(NC1=NCCS1)c1cc(F)nc(F)c1F. The number of hydrogen-bond donors (Lipinski definition) is 1. The van der Waals surface area contributed by atoms with Gasteiger partial charge in [-0.25, -0.2) is 4.39 Å². The van der Waals surface area contributed by atoms with Gasteiger partial charge in [0.2, 0.25) is 5.95 Å². The van der Waals surface area contributed by atoms with Crippen molar-refractivity contribution in [2.75, 3.05) is 12.3 Å². The van der Waals surface area contributed by atoms with Crippen LogP contribution in [-0.2, 0) is 0 Å². The van der Waals surface area contributed by atoms with E-state index in [4.69, 9.17) is 0 Å². The Kier molecular flexibility index (Phi) is 3.32. The van der Waals surface area contributed by atoms with Gasteiger partial charge in [0, 0.05) is 11.8 Å². The molecular formula is C9H6F3N3OS. The number of hydrogen-bond acceptors (Lipinski definition) is 4. The number of amides is 1. The maximum absolute atomic E-state index is 13.2. The van der Waals surface area contributed by atoms with E-state index in [1.807, 2.05) is 0 Å². The molecule has 0 saturated heterocycles. The topological polar surface area (TPSA) is 54.4 Å². The van der Waals surface area contributed by atoms with Crippen molar-refractivity contribution in [3.8, 4) is 0 Å². The van der Waals surface area contributed by atoms with Crippen LogP contribution in [0.3, 0.4) is 0 Å². The van der Waals surface area contributed by atoms with Gasteiger partial charge in [0.15, 0.2) is 11.0 Å². The van der Waals surface area contributed by atoms with Crippen LogP contribution in [0, 0.1) is 17.7 Å². The first-order valence-electron chi connectivity index (χ1n) is 4.58. The summed E-state index contributed by atoms with van der Waals surface area (Å²) >= 11 is 1.27. The predicted molar refractivity (Wildman–Crippen MR) is 56.3 cm³/mol. The van der Waals surface area contributed by atoms with Crippen molar-refractivity contribution in [3.63, 3.8) is 0 Å². The molecule has 1 aromatic rings. The Balaban J connectivity index is 2.24.